The van der Waals surface area contributed by atoms with Gasteiger partial charge in [0, 0.05) is 18.0 Å². The molecule has 0 atom stereocenters. The number of nitrogens with one attached hydrogen (secondary N) is 1. The van der Waals surface area contributed by atoms with Crippen molar-refractivity contribution < 1.29 is 9.53 Å². The first-order valence-corrected chi connectivity index (χ1v) is 9.58. The third-order valence-electron chi connectivity index (χ3n) is 4.49. The Balaban J connectivity index is 1.58. The van der Waals surface area contributed by atoms with Crippen LogP contribution < -0.4 is 10.2 Å². The lowest BCUT2D eigenvalue weighted by atomic mass is 10.0. The predicted octanol–water partition coefficient (Wildman–Crippen LogP) is 4.86. The van der Waals surface area contributed by atoms with Crippen LogP contribution in [0.25, 0.3) is 0 Å². The Morgan fingerprint density at radius 1 is 1.10 bits per heavy atom. The highest BCUT2D eigenvalue weighted by molar-refractivity contribution is 5.94. The number of carbonyl (C=O) groups excluding carboxylic acids is 1. The monoisotopic (exact) mass is 387 g/mol. The van der Waals surface area contributed by atoms with Gasteiger partial charge in [0.2, 0.25) is 0 Å². The number of hydrogen-bond donors (Lipinski definition) is 1. The van der Waals surface area contributed by atoms with Crippen molar-refractivity contribution in [1.82, 2.24) is 10.4 Å². The Hall–Kier alpha value is -3.47. The van der Waals surface area contributed by atoms with Gasteiger partial charge in [-0.3, -0.25) is 9.78 Å². The number of hydrogen-bond acceptors (Lipinski definition) is 4. The second-order valence-electron chi connectivity index (χ2n) is 7.16. The first-order chi connectivity index (χ1) is 14.0. The van der Waals surface area contributed by atoms with Gasteiger partial charge in [0.1, 0.15) is 12.4 Å². The lowest BCUT2D eigenvalue weighted by molar-refractivity contribution is 0.0955. The molecule has 0 radical (unpaired) electrons. The zero-order valence-electron chi connectivity index (χ0n) is 16.9. The molecular weight excluding hydrogens is 362 g/mol. The van der Waals surface area contributed by atoms with E-state index in [-0.39, 0.29) is 5.91 Å². The van der Waals surface area contributed by atoms with E-state index in [0.717, 1.165) is 16.9 Å². The number of aryl methyl sites for hydroxylation is 1. The fraction of sp³-hybridized carbons (Fsp3) is 0.208. The normalized spacial score (nSPS) is 11.0. The van der Waals surface area contributed by atoms with Crippen LogP contribution in [0, 0.1) is 6.92 Å². The quantitative estimate of drug-likeness (QED) is 0.465. The second-order valence-corrected chi connectivity index (χ2v) is 7.16. The molecule has 0 saturated carbocycles. The predicted molar refractivity (Wildman–Crippen MR) is 115 cm³/mol. The van der Waals surface area contributed by atoms with Crippen molar-refractivity contribution >= 4 is 12.1 Å². The summed E-state index contributed by atoms with van der Waals surface area (Å²) in [6.45, 7) is 6.82. The molecule has 1 N–H and O–H groups in total. The van der Waals surface area contributed by atoms with Crippen molar-refractivity contribution in [3.8, 4) is 5.75 Å². The van der Waals surface area contributed by atoms with Crippen LogP contribution in [0.1, 0.15) is 52.4 Å². The average Bonchev–Trinajstić information content (AvgIpc) is 2.73. The fourth-order valence-electron chi connectivity index (χ4n) is 2.84. The highest BCUT2D eigenvalue weighted by Crippen LogP contribution is 2.28. The van der Waals surface area contributed by atoms with Crippen LogP contribution in [-0.4, -0.2) is 17.1 Å². The Bertz CT molecular complexity index is 981. The molecule has 0 aliphatic rings. The molecule has 2 aromatic carbocycles. The molecule has 1 heterocycles. The van der Waals surface area contributed by atoms with E-state index in [4.69, 9.17) is 4.74 Å². The molecule has 3 rings (SSSR count). The molecule has 0 bridgehead atoms. The van der Waals surface area contributed by atoms with Gasteiger partial charge in [0.05, 0.1) is 6.21 Å². The largest absolute Gasteiger partial charge is 0.489 e. The zero-order chi connectivity index (χ0) is 20.6. The highest BCUT2D eigenvalue weighted by Gasteiger charge is 2.09. The molecule has 29 heavy (non-hydrogen) atoms. The van der Waals surface area contributed by atoms with E-state index in [2.05, 4.69) is 54.5 Å². The summed E-state index contributed by atoms with van der Waals surface area (Å²) in [6, 6.07) is 17.2. The molecule has 0 saturated heterocycles. The third-order valence-corrected chi connectivity index (χ3v) is 4.49. The van der Waals surface area contributed by atoms with Crippen LogP contribution in [0.15, 0.2) is 72.1 Å². The number of pyridine rings is 1. The molecule has 5 nitrogen and oxygen atoms in total. The maximum Gasteiger partial charge on any atom is 0.271 e. The van der Waals surface area contributed by atoms with Gasteiger partial charge in [-0.05, 0) is 65.4 Å². The molecular formula is C24H25N3O2. The van der Waals surface area contributed by atoms with Crippen molar-refractivity contribution in [3.63, 3.8) is 0 Å². The minimum atomic E-state index is -0.261. The van der Waals surface area contributed by atoms with Gasteiger partial charge >= 0.3 is 0 Å². The molecule has 1 aromatic heterocycles. The van der Waals surface area contributed by atoms with E-state index in [1.807, 2.05) is 24.3 Å². The third kappa shape index (κ3) is 5.75. The molecule has 0 unspecified atom stereocenters. The van der Waals surface area contributed by atoms with E-state index in [0.29, 0.717) is 18.1 Å². The van der Waals surface area contributed by atoms with Gasteiger partial charge < -0.3 is 4.74 Å². The van der Waals surface area contributed by atoms with Crippen LogP contribution in [0.5, 0.6) is 5.75 Å². The lowest BCUT2D eigenvalue weighted by Crippen LogP contribution is -2.17. The molecule has 0 aliphatic carbocycles. The number of rotatable bonds is 7. The summed E-state index contributed by atoms with van der Waals surface area (Å²) < 4.78 is 6.05. The van der Waals surface area contributed by atoms with Gasteiger partial charge in [-0.25, -0.2) is 5.43 Å². The summed E-state index contributed by atoms with van der Waals surface area (Å²) in [5.74, 6) is 1.04. The summed E-state index contributed by atoms with van der Waals surface area (Å²) in [6.07, 6.45) is 4.92. The van der Waals surface area contributed by atoms with Gasteiger partial charge in [-0.1, -0.05) is 38.1 Å². The first kappa shape index (κ1) is 20.3. The minimum Gasteiger partial charge on any atom is -0.489 e. The SMILES string of the molecule is Cc1ccc(C(C)C)c(OCc2ccc(C(=O)NN=Cc3ccncc3)cc2)c1. The summed E-state index contributed by atoms with van der Waals surface area (Å²) in [7, 11) is 0. The van der Waals surface area contributed by atoms with E-state index in [1.54, 1.807) is 30.7 Å². The maximum atomic E-state index is 12.2. The second kappa shape index (κ2) is 9.64. The van der Waals surface area contributed by atoms with Crippen LogP contribution in [0.3, 0.4) is 0 Å². The van der Waals surface area contributed by atoms with Crippen molar-refractivity contribution in [2.24, 2.45) is 5.10 Å². The van der Waals surface area contributed by atoms with E-state index in [9.17, 15) is 4.79 Å². The van der Waals surface area contributed by atoms with Crippen molar-refractivity contribution in [2.75, 3.05) is 0 Å². The van der Waals surface area contributed by atoms with Crippen molar-refractivity contribution in [3.05, 3.63) is 94.8 Å². The van der Waals surface area contributed by atoms with Gasteiger partial charge in [0.15, 0.2) is 0 Å². The van der Waals surface area contributed by atoms with Crippen LogP contribution in [0.2, 0.25) is 0 Å². The maximum absolute atomic E-state index is 12.2. The summed E-state index contributed by atoms with van der Waals surface area (Å²) in [4.78, 5) is 16.2. The summed E-state index contributed by atoms with van der Waals surface area (Å²) in [5, 5.41) is 3.97. The van der Waals surface area contributed by atoms with Crippen molar-refractivity contribution in [2.45, 2.75) is 33.3 Å². The molecule has 1 amide bonds. The number of nitrogens with zero attached hydrogens (tertiary/aromatic N) is 2. The Labute approximate surface area is 171 Å². The van der Waals surface area contributed by atoms with E-state index in [1.165, 1.54) is 11.1 Å². The standard InChI is InChI=1S/C24H25N3O2/c1-17(2)22-9-4-18(3)14-23(22)29-16-20-5-7-21(8-6-20)24(28)27-26-15-19-10-12-25-13-11-19/h4-15,17H,16H2,1-3H3,(H,27,28). The number of ether oxygens (including phenoxy) is 1. The number of hydrazone groups is 1. The van der Waals surface area contributed by atoms with Crippen molar-refractivity contribution in [1.29, 1.82) is 0 Å². The van der Waals surface area contributed by atoms with Gasteiger partial charge in [-0.2, -0.15) is 5.10 Å². The van der Waals surface area contributed by atoms with Crippen LogP contribution in [0.4, 0.5) is 0 Å². The number of benzene rings is 2. The summed E-state index contributed by atoms with van der Waals surface area (Å²) >= 11 is 0. The number of amides is 1. The lowest BCUT2D eigenvalue weighted by Gasteiger charge is -2.15. The molecule has 5 heteroatoms. The molecule has 0 spiro atoms. The number of carbonyl (C=O) groups is 1. The molecule has 0 aliphatic heterocycles. The highest BCUT2D eigenvalue weighted by atomic mass is 16.5. The average molecular weight is 387 g/mol. The van der Waals surface area contributed by atoms with Gasteiger partial charge in [-0.15, -0.1) is 0 Å². The van der Waals surface area contributed by atoms with Crippen LogP contribution in [-0.2, 0) is 6.61 Å². The Morgan fingerprint density at radius 3 is 2.52 bits per heavy atom. The molecule has 148 valence electrons. The first-order valence-electron chi connectivity index (χ1n) is 9.58. The zero-order valence-corrected chi connectivity index (χ0v) is 16.9. The molecule has 3 aromatic rings. The number of aromatic nitrogens is 1. The summed E-state index contributed by atoms with van der Waals surface area (Å²) in [5.41, 5.74) is 7.30. The van der Waals surface area contributed by atoms with E-state index >= 15 is 0 Å². The minimum absolute atomic E-state index is 0.261. The van der Waals surface area contributed by atoms with Gasteiger partial charge in [0.25, 0.3) is 5.91 Å². The molecule has 0 fully saturated rings. The van der Waals surface area contributed by atoms with E-state index < -0.39 is 0 Å². The topological polar surface area (TPSA) is 63.6 Å². The smallest absolute Gasteiger partial charge is 0.271 e. The Kier molecular flexibility index (Phi) is 6.74. The van der Waals surface area contributed by atoms with Crippen LogP contribution >= 0.6 is 0 Å². The Morgan fingerprint density at radius 2 is 1.83 bits per heavy atom. The fourth-order valence-corrected chi connectivity index (χ4v) is 2.84.